The largest absolute Gasteiger partial charge is 0.395 e. The molecule has 3 unspecified atom stereocenters. The first-order chi connectivity index (χ1) is 7.60. The molecule has 0 saturated carbocycles. The molecule has 0 aromatic rings. The molecule has 1 heterocycles. The Morgan fingerprint density at radius 3 is 2.69 bits per heavy atom. The van der Waals surface area contributed by atoms with Gasteiger partial charge in [-0.25, -0.2) is 0 Å². The standard InChI is InChI=1S/C11H25N3O2/c1-13(2)9-4-5-14(6-9)11(7-15)10(12)8-16-3/h9-11,15H,4-8,12H2,1-3H3. The van der Waals surface area contributed by atoms with Gasteiger partial charge in [-0.2, -0.15) is 0 Å². The third-order valence-corrected chi connectivity index (χ3v) is 3.43. The first-order valence-electron chi connectivity index (χ1n) is 5.86. The van der Waals surface area contributed by atoms with Gasteiger partial charge in [0.25, 0.3) is 0 Å². The van der Waals surface area contributed by atoms with E-state index in [1.165, 1.54) is 0 Å². The van der Waals surface area contributed by atoms with E-state index in [0.29, 0.717) is 12.6 Å². The lowest BCUT2D eigenvalue weighted by Crippen LogP contribution is -2.51. The molecule has 0 amide bonds. The van der Waals surface area contributed by atoms with Crippen LogP contribution in [-0.4, -0.2) is 80.5 Å². The van der Waals surface area contributed by atoms with Crippen molar-refractivity contribution in [1.29, 1.82) is 0 Å². The van der Waals surface area contributed by atoms with Gasteiger partial charge in [0.2, 0.25) is 0 Å². The maximum atomic E-state index is 9.42. The average Bonchev–Trinajstić information content (AvgIpc) is 2.68. The second kappa shape index (κ2) is 6.51. The summed E-state index contributed by atoms with van der Waals surface area (Å²) in [6.07, 6.45) is 1.14. The summed E-state index contributed by atoms with van der Waals surface area (Å²) in [6, 6.07) is 0.476. The molecule has 0 aromatic carbocycles. The van der Waals surface area contributed by atoms with Crippen molar-refractivity contribution in [2.45, 2.75) is 24.5 Å². The van der Waals surface area contributed by atoms with Crippen LogP contribution in [0.3, 0.4) is 0 Å². The van der Waals surface area contributed by atoms with Gasteiger partial charge >= 0.3 is 0 Å². The molecule has 3 atom stereocenters. The normalized spacial score (nSPS) is 26.2. The molecule has 1 fully saturated rings. The second-order valence-electron chi connectivity index (χ2n) is 4.77. The van der Waals surface area contributed by atoms with Crippen LogP contribution in [0.5, 0.6) is 0 Å². The van der Waals surface area contributed by atoms with Crippen molar-refractivity contribution in [2.24, 2.45) is 5.73 Å². The fraction of sp³-hybridized carbons (Fsp3) is 1.00. The van der Waals surface area contributed by atoms with Crippen molar-refractivity contribution in [3.05, 3.63) is 0 Å². The second-order valence-corrected chi connectivity index (χ2v) is 4.77. The molecule has 0 radical (unpaired) electrons. The summed E-state index contributed by atoms with van der Waals surface area (Å²) in [7, 11) is 5.83. The molecule has 0 aromatic heterocycles. The van der Waals surface area contributed by atoms with Crippen molar-refractivity contribution >= 4 is 0 Å². The molecule has 1 saturated heterocycles. The molecule has 5 nitrogen and oxygen atoms in total. The Kier molecular flexibility index (Phi) is 5.64. The Morgan fingerprint density at radius 2 is 2.25 bits per heavy atom. The van der Waals surface area contributed by atoms with E-state index >= 15 is 0 Å². The topological polar surface area (TPSA) is 62.0 Å². The zero-order chi connectivity index (χ0) is 12.1. The van der Waals surface area contributed by atoms with Crippen LogP contribution in [0.15, 0.2) is 0 Å². The summed E-state index contributed by atoms with van der Waals surface area (Å²) in [6.45, 7) is 2.58. The minimum absolute atomic E-state index is 0.0184. The Hall–Kier alpha value is -0.200. The van der Waals surface area contributed by atoms with E-state index in [0.717, 1.165) is 19.5 Å². The number of hydrogen-bond acceptors (Lipinski definition) is 5. The highest BCUT2D eigenvalue weighted by Gasteiger charge is 2.31. The quantitative estimate of drug-likeness (QED) is 0.611. The van der Waals surface area contributed by atoms with Gasteiger partial charge < -0.3 is 20.5 Å². The molecule has 0 aliphatic carbocycles. The maximum Gasteiger partial charge on any atom is 0.0629 e. The summed E-state index contributed by atoms with van der Waals surface area (Å²) in [4.78, 5) is 4.50. The monoisotopic (exact) mass is 231 g/mol. The first-order valence-corrected chi connectivity index (χ1v) is 5.86. The molecule has 3 N–H and O–H groups in total. The molecule has 96 valence electrons. The third kappa shape index (κ3) is 3.40. The van der Waals surface area contributed by atoms with E-state index in [-0.39, 0.29) is 18.7 Å². The molecule has 0 spiro atoms. The van der Waals surface area contributed by atoms with Gasteiger partial charge in [0.05, 0.1) is 19.3 Å². The predicted molar refractivity (Wildman–Crippen MR) is 64.4 cm³/mol. The van der Waals surface area contributed by atoms with Crippen molar-refractivity contribution in [3.63, 3.8) is 0 Å². The molecular weight excluding hydrogens is 206 g/mol. The number of likely N-dealkylation sites (N-methyl/N-ethyl adjacent to an activating group) is 1. The van der Waals surface area contributed by atoms with Gasteiger partial charge in [0.1, 0.15) is 0 Å². The van der Waals surface area contributed by atoms with Crippen LogP contribution < -0.4 is 5.73 Å². The molecule has 1 aliphatic heterocycles. The van der Waals surface area contributed by atoms with E-state index in [9.17, 15) is 5.11 Å². The number of aliphatic hydroxyl groups excluding tert-OH is 1. The fourth-order valence-corrected chi connectivity index (χ4v) is 2.32. The third-order valence-electron chi connectivity index (χ3n) is 3.43. The van der Waals surface area contributed by atoms with E-state index in [4.69, 9.17) is 10.5 Å². The Morgan fingerprint density at radius 1 is 1.56 bits per heavy atom. The van der Waals surface area contributed by atoms with Gasteiger partial charge in [-0.15, -0.1) is 0 Å². The predicted octanol–water partition coefficient (Wildman–Crippen LogP) is -1.04. The lowest BCUT2D eigenvalue weighted by molar-refractivity contribution is 0.0806. The van der Waals surface area contributed by atoms with Crippen molar-refractivity contribution in [3.8, 4) is 0 Å². The number of nitrogens with zero attached hydrogens (tertiary/aromatic N) is 2. The molecule has 1 rings (SSSR count). The smallest absolute Gasteiger partial charge is 0.0629 e. The van der Waals surface area contributed by atoms with Gasteiger partial charge in [0, 0.05) is 32.3 Å². The van der Waals surface area contributed by atoms with Crippen LogP contribution in [0.25, 0.3) is 0 Å². The highest BCUT2D eigenvalue weighted by Crippen LogP contribution is 2.17. The van der Waals surface area contributed by atoms with Crippen LogP contribution >= 0.6 is 0 Å². The SMILES string of the molecule is COCC(N)C(CO)N1CCC(N(C)C)C1. The van der Waals surface area contributed by atoms with Crippen LogP contribution in [0.1, 0.15) is 6.42 Å². The molecule has 0 bridgehead atoms. The van der Waals surface area contributed by atoms with Crippen molar-refractivity contribution in [2.75, 3.05) is 47.5 Å². The Balaban J connectivity index is 2.49. The lowest BCUT2D eigenvalue weighted by Gasteiger charge is -2.31. The number of hydrogen-bond donors (Lipinski definition) is 2. The molecular formula is C11H25N3O2. The Labute approximate surface area is 98.2 Å². The number of aliphatic hydroxyl groups is 1. The van der Waals surface area contributed by atoms with Gasteiger partial charge in [0.15, 0.2) is 0 Å². The number of methoxy groups -OCH3 is 1. The number of ether oxygens (including phenoxy) is 1. The van der Waals surface area contributed by atoms with E-state index < -0.39 is 0 Å². The van der Waals surface area contributed by atoms with E-state index in [1.807, 2.05) is 0 Å². The molecule has 1 aliphatic rings. The van der Waals surface area contributed by atoms with Gasteiger partial charge in [-0.1, -0.05) is 0 Å². The minimum Gasteiger partial charge on any atom is -0.395 e. The van der Waals surface area contributed by atoms with Crippen LogP contribution in [-0.2, 0) is 4.74 Å². The summed E-state index contributed by atoms with van der Waals surface area (Å²) >= 11 is 0. The summed E-state index contributed by atoms with van der Waals surface area (Å²) in [5.74, 6) is 0. The zero-order valence-corrected chi connectivity index (χ0v) is 10.6. The van der Waals surface area contributed by atoms with E-state index in [1.54, 1.807) is 7.11 Å². The highest BCUT2D eigenvalue weighted by atomic mass is 16.5. The first kappa shape index (κ1) is 13.9. The maximum absolute atomic E-state index is 9.42. The minimum atomic E-state index is -0.115. The van der Waals surface area contributed by atoms with Crippen molar-refractivity contribution < 1.29 is 9.84 Å². The van der Waals surface area contributed by atoms with Crippen molar-refractivity contribution in [1.82, 2.24) is 9.80 Å². The van der Waals surface area contributed by atoms with Crippen LogP contribution in [0, 0.1) is 0 Å². The summed E-state index contributed by atoms with van der Waals surface area (Å²) < 4.78 is 5.05. The molecule has 5 heteroatoms. The van der Waals surface area contributed by atoms with Gasteiger partial charge in [-0.05, 0) is 20.5 Å². The summed E-state index contributed by atoms with van der Waals surface area (Å²) in [5.41, 5.74) is 6.00. The average molecular weight is 231 g/mol. The zero-order valence-electron chi connectivity index (χ0n) is 10.6. The van der Waals surface area contributed by atoms with Crippen LogP contribution in [0.2, 0.25) is 0 Å². The van der Waals surface area contributed by atoms with E-state index in [2.05, 4.69) is 23.9 Å². The van der Waals surface area contributed by atoms with Crippen LogP contribution in [0.4, 0.5) is 0 Å². The highest BCUT2D eigenvalue weighted by molar-refractivity contribution is 4.89. The summed E-state index contributed by atoms with van der Waals surface area (Å²) in [5, 5.41) is 9.42. The number of rotatable bonds is 6. The molecule has 16 heavy (non-hydrogen) atoms. The fourth-order valence-electron chi connectivity index (χ4n) is 2.32. The lowest BCUT2D eigenvalue weighted by atomic mass is 10.1. The van der Waals surface area contributed by atoms with Gasteiger partial charge in [-0.3, -0.25) is 4.90 Å². The number of nitrogens with two attached hydrogens (primary N) is 1. The Bertz CT molecular complexity index is 202. The number of likely N-dealkylation sites (tertiary alicyclic amines) is 1.